The number of fused-ring (bicyclic) bond motifs is 7. The summed E-state index contributed by atoms with van der Waals surface area (Å²) < 4.78 is 59.2. The van der Waals surface area contributed by atoms with Crippen molar-refractivity contribution in [1.82, 2.24) is 0 Å². The summed E-state index contributed by atoms with van der Waals surface area (Å²) in [6.45, 7) is 14.3. The molecule has 0 amide bonds. The quantitative estimate of drug-likeness (QED) is 0.0482. The normalized spacial score (nSPS) is 54.5. The van der Waals surface area contributed by atoms with Crippen LogP contribution in [0, 0.1) is 50.2 Å². The van der Waals surface area contributed by atoms with Crippen molar-refractivity contribution >= 4 is 5.97 Å². The second kappa shape index (κ2) is 24.6. The van der Waals surface area contributed by atoms with Gasteiger partial charge in [0, 0.05) is 0 Å². The Balaban J connectivity index is 0.837. The molecule has 0 bridgehead atoms. The fourth-order valence-electron chi connectivity index (χ4n) is 17.7. The minimum Gasteiger partial charge on any atom is -0.432 e. The van der Waals surface area contributed by atoms with E-state index in [0.29, 0.717) is 32.1 Å². The summed E-state index contributed by atoms with van der Waals surface area (Å²) in [5.74, 6) is -1.24. The highest BCUT2D eigenvalue weighted by Gasteiger charge is 2.72. The van der Waals surface area contributed by atoms with Crippen LogP contribution >= 0.6 is 0 Å². The minimum absolute atomic E-state index is 0.0713. The van der Waals surface area contributed by atoms with Gasteiger partial charge in [0.15, 0.2) is 25.2 Å². The summed E-state index contributed by atoms with van der Waals surface area (Å²) in [7, 11) is 0. The maximum Gasteiger partial charge on any atom is 0.317 e. The smallest absolute Gasteiger partial charge is 0.317 e. The lowest BCUT2D eigenvalue weighted by molar-refractivity contribution is -0.367. The lowest BCUT2D eigenvalue weighted by atomic mass is 9.33. The predicted molar refractivity (Wildman–Crippen MR) is 289 cm³/mol. The third kappa shape index (κ3) is 11.1. The molecule has 5 heterocycles. The van der Waals surface area contributed by atoms with Crippen molar-refractivity contribution in [2.45, 2.75) is 273 Å². The van der Waals surface area contributed by atoms with Crippen molar-refractivity contribution < 1.29 is 134 Å². The number of hydrogen-bond acceptors (Lipinski definition) is 27. The maximum absolute atomic E-state index is 15.3. The van der Waals surface area contributed by atoms with Crippen LogP contribution in [0.2, 0.25) is 0 Å². The van der Waals surface area contributed by atoms with Crippen molar-refractivity contribution in [1.29, 1.82) is 0 Å². The van der Waals surface area contributed by atoms with E-state index >= 15 is 4.79 Å². The van der Waals surface area contributed by atoms with Gasteiger partial charge in [0.1, 0.15) is 115 Å². The van der Waals surface area contributed by atoms with Crippen molar-refractivity contribution in [2.75, 3.05) is 26.4 Å². The molecular weight excluding hydrogens is 1140 g/mol. The number of rotatable bonds is 13. The molecule has 0 unspecified atom stereocenters. The van der Waals surface area contributed by atoms with E-state index in [1.807, 2.05) is 0 Å². The molecule has 0 aromatic rings. The lowest BCUT2D eigenvalue weighted by Gasteiger charge is -2.71. The number of allylic oxidation sites excluding steroid dienone is 2. The Bertz CT molecular complexity index is 2400. The minimum atomic E-state index is -1.98. The first-order valence-electron chi connectivity index (χ1n) is 30.7. The van der Waals surface area contributed by atoms with E-state index in [0.717, 1.165) is 18.4 Å². The SMILES string of the molecule is C[C@@H]1O[C@@H](O[C@H]2[C@H](O)[C@@H](O)[C@H](OC[C@H]3O[C@@H](OC(=O)[C@]45CCC(C)(C)C[C@H]4C4=CC[C@@H]6[C@@]7(C)CC[C@H](O[C@@H]8OC[C@H](O)[C@H](O)[C@H]8O[C@@H]8O[C@H](CO)[C@@H](O)[C@H](O)[C@H]8O)C(C)(C)[C@@H]7CC[C@@]6(C)[C@]4(C)C[C@@H]5O)[C@H](O)[C@@H](O)[C@@H]3O)O[C@@H]2CO)[C@H](O)[C@H](O)[C@H]1O. The van der Waals surface area contributed by atoms with Gasteiger partial charge in [-0.25, -0.2) is 0 Å². The Kier molecular flexibility index (Phi) is 19.2. The zero-order chi connectivity index (χ0) is 62.9. The number of aliphatic hydroxyl groups is 16. The second-order valence-electron chi connectivity index (χ2n) is 28.8. The van der Waals surface area contributed by atoms with Crippen LogP contribution in [-0.4, -0.2) is 274 Å². The summed E-state index contributed by atoms with van der Waals surface area (Å²) in [6.07, 6.45) is -33.7. The average molecular weight is 1240 g/mol. The predicted octanol–water partition coefficient (Wildman–Crippen LogP) is -3.57. The molecule has 9 fully saturated rings. The Hall–Kier alpha value is -1.79. The molecule has 0 spiro atoms. The molecular formula is C59H96O27. The second-order valence-corrected chi connectivity index (χ2v) is 28.8. The van der Waals surface area contributed by atoms with Crippen LogP contribution in [0.3, 0.4) is 0 Å². The Labute approximate surface area is 499 Å². The summed E-state index contributed by atoms with van der Waals surface area (Å²) in [4.78, 5) is 15.3. The van der Waals surface area contributed by atoms with Crippen molar-refractivity contribution in [2.24, 2.45) is 50.2 Å². The number of esters is 1. The maximum atomic E-state index is 15.3. The molecule has 86 heavy (non-hydrogen) atoms. The number of carbonyl (C=O) groups excluding carboxylic acids is 1. The fourth-order valence-corrected chi connectivity index (χ4v) is 17.7. The molecule has 27 nitrogen and oxygen atoms in total. The number of carbonyl (C=O) groups is 1. The van der Waals surface area contributed by atoms with Gasteiger partial charge in [-0.3, -0.25) is 4.79 Å². The van der Waals surface area contributed by atoms with Crippen LogP contribution in [0.1, 0.15) is 113 Å². The molecule has 494 valence electrons. The summed E-state index contributed by atoms with van der Waals surface area (Å²) in [5.41, 5.74) is -2.63. The van der Waals surface area contributed by atoms with Gasteiger partial charge in [0.2, 0.25) is 6.29 Å². The first-order chi connectivity index (χ1) is 40.2. The largest absolute Gasteiger partial charge is 0.432 e. The van der Waals surface area contributed by atoms with E-state index in [2.05, 4.69) is 54.5 Å². The number of hydrogen-bond donors (Lipinski definition) is 16. The highest BCUT2D eigenvalue weighted by molar-refractivity contribution is 5.80. The Morgan fingerprint density at radius 3 is 1.80 bits per heavy atom. The average Bonchev–Trinajstić information content (AvgIpc) is 0.676. The first-order valence-corrected chi connectivity index (χ1v) is 30.7. The van der Waals surface area contributed by atoms with E-state index in [9.17, 15) is 81.7 Å². The van der Waals surface area contributed by atoms with Gasteiger partial charge in [0.05, 0.1) is 44.7 Å². The molecule has 27 heteroatoms. The zero-order valence-electron chi connectivity index (χ0n) is 50.2. The van der Waals surface area contributed by atoms with Crippen molar-refractivity contribution in [3.8, 4) is 0 Å². The van der Waals surface area contributed by atoms with Gasteiger partial charge < -0.3 is 129 Å². The van der Waals surface area contributed by atoms with Crippen LogP contribution in [-0.2, 0) is 52.2 Å². The Morgan fingerprint density at radius 2 is 1.14 bits per heavy atom. The van der Waals surface area contributed by atoms with Crippen LogP contribution in [0.15, 0.2) is 11.6 Å². The topological polar surface area (TPSA) is 433 Å². The molecule has 4 saturated carbocycles. The number of ether oxygens (including phenoxy) is 10. The molecule has 0 aromatic heterocycles. The lowest BCUT2D eigenvalue weighted by Crippen LogP contribution is -2.68. The third-order valence-electron chi connectivity index (χ3n) is 23.1. The van der Waals surface area contributed by atoms with Crippen molar-refractivity contribution in [3.05, 3.63) is 11.6 Å². The van der Waals surface area contributed by atoms with Gasteiger partial charge in [-0.2, -0.15) is 0 Å². The summed E-state index contributed by atoms with van der Waals surface area (Å²) in [5, 5.41) is 174. The fraction of sp³-hybridized carbons (Fsp3) is 0.949. The van der Waals surface area contributed by atoms with Crippen molar-refractivity contribution in [3.63, 3.8) is 0 Å². The monoisotopic (exact) mass is 1240 g/mol. The summed E-state index contributed by atoms with van der Waals surface area (Å²) in [6, 6.07) is 0. The van der Waals surface area contributed by atoms with Gasteiger partial charge in [-0.05, 0) is 110 Å². The third-order valence-corrected chi connectivity index (χ3v) is 23.1. The van der Waals surface area contributed by atoms with E-state index in [-0.39, 0.29) is 42.1 Å². The van der Waals surface area contributed by atoms with Crippen LogP contribution in [0.5, 0.6) is 0 Å². The highest BCUT2D eigenvalue weighted by atomic mass is 16.8. The van der Waals surface area contributed by atoms with E-state index in [1.54, 1.807) is 0 Å². The van der Waals surface area contributed by atoms with E-state index in [1.165, 1.54) is 6.92 Å². The van der Waals surface area contributed by atoms with Crippen LogP contribution in [0.25, 0.3) is 0 Å². The van der Waals surface area contributed by atoms with Crippen LogP contribution in [0.4, 0.5) is 0 Å². The van der Waals surface area contributed by atoms with Gasteiger partial charge >= 0.3 is 5.97 Å². The van der Waals surface area contributed by atoms with E-state index in [4.69, 9.17) is 47.4 Å². The zero-order valence-corrected chi connectivity index (χ0v) is 50.2. The Morgan fingerprint density at radius 1 is 0.558 bits per heavy atom. The van der Waals surface area contributed by atoms with Gasteiger partial charge in [-0.1, -0.05) is 60.1 Å². The molecule has 16 N–H and O–H groups in total. The summed E-state index contributed by atoms with van der Waals surface area (Å²) >= 11 is 0. The molecule has 10 aliphatic rings. The molecule has 5 aliphatic carbocycles. The van der Waals surface area contributed by atoms with Gasteiger partial charge in [0.25, 0.3) is 0 Å². The molecule has 5 aliphatic heterocycles. The van der Waals surface area contributed by atoms with Crippen LogP contribution < -0.4 is 0 Å². The number of aliphatic hydroxyl groups excluding tert-OH is 16. The molecule has 33 atom stereocenters. The first kappa shape index (κ1) is 67.1. The molecule has 0 radical (unpaired) electrons. The molecule has 10 rings (SSSR count). The highest BCUT2D eigenvalue weighted by Crippen LogP contribution is 2.76. The standard InChI is InChI=1S/C59H96O27/c1-23-34(64)38(68)42(72)49(79-23)84-46-28(20-61)81-48(45(75)41(46)71)78-22-29-37(67)40(70)44(74)51(82-29)86-53(76)59-16-15-54(2,3)17-25(59)24-9-10-31-56(6)13-12-33(55(4,5)30(56)11-14-57(31,7)58(24,8)18-32(59)63)83-52-47(35(65)26(62)21-77-52)85-50-43(73)39(69)36(66)27(19-60)80-50/h9,23,25-52,60-75H,10-22H2,1-8H3/t23-,25-,26-,27+,28+,29+,30-,31+,32-,33-,34-,35-,36+,37+,38+,39-,40-,41+,42+,43+,44+,45+,46+,47+,48+,49-,50-,51-,52-,56-,57+,58+,59+/m0/s1. The molecule has 0 aromatic carbocycles. The van der Waals surface area contributed by atoms with Gasteiger partial charge in [-0.15, -0.1) is 0 Å². The van der Waals surface area contributed by atoms with E-state index < -0.39 is 213 Å². The molecule has 5 saturated heterocycles.